The van der Waals surface area contributed by atoms with E-state index in [-0.39, 0.29) is 0 Å². The molecule has 1 aliphatic rings. The van der Waals surface area contributed by atoms with E-state index in [4.69, 9.17) is 0 Å². The standard InChI is InChI=1S/C8H17NO/c1-8(2,10)9-6-4-3-5-7-9/h10H,3-7H2,1-2H3. The largest absolute Gasteiger partial charge is 0.376 e. The second-order valence-corrected chi connectivity index (χ2v) is 3.54. The maximum Gasteiger partial charge on any atom is 0.112 e. The van der Waals surface area contributed by atoms with Gasteiger partial charge in [-0.25, -0.2) is 0 Å². The lowest BCUT2D eigenvalue weighted by atomic mass is 10.1. The molecule has 2 nitrogen and oxygen atoms in total. The molecule has 0 spiro atoms. The van der Waals surface area contributed by atoms with E-state index in [2.05, 4.69) is 4.90 Å². The Kier molecular flexibility index (Phi) is 2.32. The molecule has 1 rings (SSSR count). The van der Waals surface area contributed by atoms with Crippen molar-refractivity contribution in [2.75, 3.05) is 13.1 Å². The molecule has 1 fully saturated rings. The van der Waals surface area contributed by atoms with Crippen LogP contribution in [-0.4, -0.2) is 28.8 Å². The van der Waals surface area contributed by atoms with Crippen molar-refractivity contribution in [2.45, 2.75) is 38.8 Å². The van der Waals surface area contributed by atoms with Gasteiger partial charge in [-0.3, -0.25) is 4.90 Å². The first-order chi connectivity index (χ1) is 4.61. The predicted octanol–water partition coefficient (Wildman–Crippen LogP) is 1.20. The summed E-state index contributed by atoms with van der Waals surface area (Å²) in [5.41, 5.74) is -0.597. The average molecular weight is 143 g/mol. The third-order valence-corrected chi connectivity index (χ3v) is 2.13. The summed E-state index contributed by atoms with van der Waals surface area (Å²) in [6, 6.07) is 0. The summed E-state index contributed by atoms with van der Waals surface area (Å²) in [6.45, 7) is 5.84. The molecule has 0 unspecified atom stereocenters. The number of hydrogen-bond acceptors (Lipinski definition) is 2. The van der Waals surface area contributed by atoms with Gasteiger partial charge in [-0.2, -0.15) is 0 Å². The lowest BCUT2D eigenvalue weighted by molar-refractivity contribution is -0.0861. The van der Waals surface area contributed by atoms with Gasteiger partial charge in [-0.05, 0) is 26.7 Å². The Morgan fingerprint density at radius 1 is 1.10 bits per heavy atom. The number of hydrogen-bond donors (Lipinski definition) is 1. The molecule has 0 bridgehead atoms. The molecule has 1 aliphatic heterocycles. The van der Waals surface area contributed by atoms with Crippen LogP contribution in [0.15, 0.2) is 0 Å². The Bertz CT molecular complexity index is 100. The molecule has 0 amide bonds. The zero-order valence-electron chi connectivity index (χ0n) is 6.93. The van der Waals surface area contributed by atoms with Gasteiger partial charge in [0.25, 0.3) is 0 Å². The van der Waals surface area contributed by atoms with Crippen molar-refractivity contribution in [3.8, 4) is 0 Å². The van der Waals surface area contributed by atoms with Crippen LogP contribution in [-0.2, 0) is 0 Å². The van der Waals surface area contributed by atoms with Gasteiger partial charge in [0.15, 0.2) is 0 Å². The van der Waals surface area contributed by atoms with Crippen molar-refractivity contribution in [3.05, 3.63) is 0 Å². The molecule has 1 saturated heterocycles. The van der Waals surface area contributed by atoms with Crippen LogP contribution in [0.4, 0.5) is 0 Å². The van der Waals surface area contributed by atoms with Crippen LogP contribution >= 0.6 is 0 Å². The van der Waals surface area contributed by atoms with Crippen molar-refractivity contribution in [1.29, 1.82) is 0 Å². The Hall–Kier alpha value is -0.0800. The molecular weight excluding hydrogens is 126 g/mol. The van der Waals surface area contributed by atoms with Crippen molar-refractivity contribution >= 4 is 0 Å². The van der Waals surface area contributed by atoms with Crippen LogP contribution in [0.5, 0.6) is 0 Å². The molecule has 0 aromatic carbocycles. The normalized spacial score (nSPS) is 23.1. The van der Waals surface area contributed by atoms with Gasteiger partial charge < -0.3 is 5.11 Å². The maximum atomic E-state index is 9.57. The SMILES string of the molecule is CC(C)(O)N1CCCCC1. The fourth-order valence-electron chi connectivity index (χ4n) is 1.44. The minimum Gasteiger partial charge on any atom is -0.376 e. The average Bonchev–Trinajstić information content (AvgIpc) is 1.88. The summed E-state index contributed by atoms with van der Waals surface area (Å²) < 4.78 is 0. The Morgan fingerprint density at radius 2 is 1.60 bits per heavy atom. The summed E-state index contributed by atoms with van der Waals surface area (Å²) in [4.78, 5) is 2.14. The van der Waals surface area contributed by atoms with Crippen LogP contribution in [0.25, 0.3) is 0 Å². The minimum atomic E-state index is -0.597. The van der Waals surface area contributed by atoms with E-state index in [0.29, 0.717) is 0 Å². The lowest BCUT2D eigenvalue weighted by Crippen LogP contribution is -2.46. The highest BCUT2D eigenvalue weighted by Crippen LogP contribution is 2.17. The fraction of sp³-hybridized carbons (Fsp3) is 1.00. The van der Waals surface area contributed by atoms with Gasteiger partial charge in [0, 0.05) is 13.1 Å². The van der Waals surface area contributed by atoms with Gasteiger partial charge in [-0.1, -0.05) is 6.42 Å². The summed E-state index contributed by atoms with van der Waals surface area (Å²) in [6.07, 6.45) is 3.81. The molecule has 2 heteroatoms. The Labute approximate surface area is 62.8 Å². The van der Waals surface area contributed by atoms with Gasteiger partial charge in [0.05, 0.1) is 0 Å². The topological polar surface area (TPSA) is 23.5 Å². The van der Waals surface area contributed by atoms with E-state index >= 15 is 0 Å². The molecule has 0 radical (unpaired) electrons. The molecule has 0 aliphatic carbocycles. The van der Waals surface area contributed by atoms with Gasteiger partial charge >= 0.3 is 0 Å². The monoisotopic (exact) mass is 143 g/mol. The predicted molar refractivity (Wildman–Crippen MR) is 41.7 cm³/mol. The maximum absolute atomic E-state index is 9.57. The highest BCUT2D eigenvalue weighted by atomic mass is 16.3. The van der Waals surface area contributed by atoms with Gasteiger partial charge in [0.1, 0.15) is 5.72 Å². The molecule has 0 atom stereocenters. The lowest BCUT2D eigenvalue weighted by Gasteiger charge is -2.36. The summed E-state index contributed by atoms with van der Waals surface area (Å²) in [5, 5.41) is 9.57. The first-order valence-electron chi connectivity index (χ1n) is 4.08. The van der Waals surface area contributed by atoms with Gasteiger partial charge in [-0.15, -0.1) is 0 Å². The van der Waals surface area contributed by atoms with E-state index in [1.807, 2.05) is 13.8 Å². The number of rotatable bonds is 1. The minimum absolute atomic E-state index is 0.597. The second-order valence-electron chi connectivity index (χ2n) is 3.54. The zero-order valence-corrected chi connectivity index (χ0v) is 6.93. The first-order valence-corrected chi connectivity index (χ1v) is 4.08. The molecule has 0 aromatic rings. The second kappa shape index (κ2) is 2.89. The van der Waals surface area contributed by atoms with E-state index in [9.17, 15) is 5.11 Å². The summed E-state index contributed by atoms with van der Waals surface area (Å²) >= 11 is 0. The molecule has 1 N–H and O–H groups in total. The third-order valence-electron chi connectivity index (χ3n) is 2.13. The Balaban J connectivity index is 2.39. The zero-order chi connectivity index (χ0) is 7.61. The third kappa shape index (κ3) is 1.96. The summed E-state index contributed by atoms with van der Waals surface area (Å²) in [5.74, 6) is 0. The van der Waals surface area contributed by atoms with Crippen LogP contribution in [0, 0.1) is 0 Å². The number of nitrogens with zero attached hydrogens (tertiary/aromatic N) is 1. The van der Waals surface area contributed by atoms with Crippen molar-refractivity contribution < 1.29 is 5.11 Å². The van der Waals surface area contributed by atoms with E-state index in [1.54, 1.807) is 0 Å². The molecule has 1 heterocycles. The Morgan fingerprint density at radius 3 is 1.90 bits per heavy atom. The fourth-order valence-corrected chi connectivity index (χ4v) is 1.44. The van der Waals surface area contributed by atoms with Crippen LogP contribution in [0.3, 0.4) is 0 Å². The molecule has 60 valence electrons. The molecular formula is C8H17NO. The van der Waals surface area contributed by atoms with Crippen LogP contribution in [0.2, 0.25) is 0 Å². The molecule has 10 heavy (non-hydrogen) atoms. The summed E-state index contributed by atoms with van der Waals surface area (Å²) in [7, 11) is 0. The van der Waals surface area contributed by atoms with Crippen molar-refractivity contribution in [3.63, 3.8) is 0 Å². The van der Waals surface area contributed by atoms with E-state index in [0.717, 1.165) is 13.1 Å². The van der Waals surface area contributed by atoms with E-state index < -0.39 is 5.72 Å². The first kappa shape index (κ1) is 8.02. The van der Waals surface area contributed by atoms with Crippen molar-refractivity contribution in [2.24, 2.45) is 0 Å². The highest BCUT2D eigenvalue weighted by molar-refractivity contribution is 4.72. The molecule has 0 saturated carbocycles. The van der Waals surface area contributed by atoms with Gasteiger partial charge in [0.2, 0.25) is 0 Å². The molecule has 0 aromatic heterocycles. The van der Waals surface area contributed by atoms with Crippen molar-refractivity contribution in [1.82, 2.24) is 4.90 Å². The quantitative estimate of drug-likeness (QED) is 0.596. The number of likely N-dealkylation sites (tertiary alicyclic amines) is 1. The van der Waals surface area contributed by atoms with Crippen LogP contribution < -0.4 is 0 Å². The smallest absolute Gasteiger partial charge is 0.112 e. The number of aliphatic hydroxyl groups is 1. The number of piperidine rings is 1. The van der Waals surface area contributed by atoms with E-state index in [1.165, 1.54) is 19.3 Å². The highest BCUT2D eigenvalue weighted by Gasteiger charge is 2.24. The van der Waals surface area contributed by atoms with Crippen LogP contribution in [0.1, 0.15) is 33.1 Å².